The Balaban J connectivity index is 2.26. The van der Waals surface area contributed by atoms with Gasteiger partial charge in [0, 0.05) is 10.5 Å². The van der Waals surface area contributed by atoms with Crippen LogP contribution in [0.2, 0.25) is 0 Å². The highest BCUT2D eigenvalue weighted by molar-refractivity contribution is 8.13. The molecule has 0 amide bonds. The van der Waals surface area contributed by atoms with Gasteiger partial charge in [0.2, 0.25) is 0 Å². The zero-order valence-corrected chi connectivity index (χ0v) is 15.2. The largest absolute Gasteiger partial charge is 0.493 e. The van der Waals surface area contributed by atoms with Gasteiger partial charge in [0.15, 0.2) is 0 Å². The SMILES string of the molecule is CCOc1cccc(SC(=O)OC)c1COc1ccc(C)cc1C. The molecule has 0 spiro atoms. The summed E-state index contributed by atoms with van der Waals surface area (Å²) in [6.45, 7) is 6.85. The van der Waals surface area contributed by atoms with E-state index >= 15 is 0 Å². The van der Waals surface area contributed by atoms with E-state index in [0.717, 1.165) is 39.3 Å². The van der Waals surface area contributed by atoms with Crippen LogP contribution >= 0.6 is 11.8 Å². The van der Waals surface area contributed by atoms with E-state index in [9.17, 15) is 4.79 Å². The molecule has 0 N–H and O–H groups in total. The second-order valence-corrected chi connectivity index (χ2v) is 6.26. The Kier molecular flexibility index (Phi) is 6.55. The Labute approximate surface area is 147 Å². The topological polar surface area (TPSA) is 44.8 Å². The molecule has 0 bridgehead atoms. The lowest BCUT2D eigenvalue weighted by Gasteiger charge is -2.16. The molecule has 0 aliphatic rings. The number of thioether (sulfide) groups is 1. The predicted molar refractivity (Wildman–Crippen MR) is 96.1 cm³/mol. The van der Waals surface area contributed by atoms with Crippen LogP contribution in [0.1, 0.15) is 23.6 Å². The van der Waals surface area contributed by atoms with E-state index in [1.54, 1.807) is 0 Å². The second kappa shape index (κ2) is 8.64. The Morgan fingerprint density at radius 3 is 2.54 bits per heavy atom. The van der Waals surface area contributed by atoms with Gasteiger partial charge in [-0.15, -0.1) is 0 Å². The van der Waals surface area contributed by atoms with Gasteiger partial charge in [0.1, 0.15) is 18.1 Å². The number of ether oxygens (including phenoxy) is 3. The molecule has 2 aromatic carbocycles. The molecule has 2 rings (SSSR count). The van der Waals surface area contributed by atoms with Crippen molar-refractivity contribution in [3.8, 4) is 11.5 Å². The van der Waals surface area contributed by atoms with E-state index < -0.39 is 0 Å². The quantitative estimate of drug-likeness (QED) is 0.535. The first kappa shape index (κ1) is 18.2. The van der Waals surface area contributed by atoms with Crippen molar-refractivity contribution in [2.75, 3.05) is 13.7 Å². The van der Waals surface area contributed by atoms with Crippen LogP contribution in [0.15, 0.2) is 41.3 Å². The van der Waals surface area contributed by atoms with E-state index in [0.29, 0.717) is 13.2 Å². The number of methoxy groups -OCH3 is 1. The van der Waals surface area contributed by atoms with Crippen LogP contribution in [0.4, 0.5) is 4.79 Å². The summed E-state index contributed by atoms with van der Waals surface area (Å²) in [7, 11) is 1.37. The van der Waals surface area contributed by atoms with Crippen LogP contribution in [-0.2, 0) is 11.3 Å². The molecular weight excluding hydrogens is 324 g/mol. The summed E-state index contributed by atoms with van der Waals surface area (Å²) in [5, 5.41) is -0.364. The zero-order chi connectivity index (χ0) is 17.5. The highest BCUT2D eigenvalue weighted by atomic mass is 32.2. The van der Waals surface area contributed by atoms with E-state index in [4.69, 9.17) is 14.2 Å². The maximum Gasteiger partial charge on any atom is 0.371 e. The molecule has 4 nitrogen and oxygen atoms in total. The molecule has 2 aromatic rings. The second-order valence-electron chi connectivity index (χ2n) is 5.28. The highest BCUT2D eigenvalue weighted by Gasteiger charge is 2.15. The van der Waals surface area contributed by atoms with Crippen LogP contribution in [0, 0.1) is 13.8 Å². The standard InChI is InChI=1S/C19H22O4S/c1-5-22-17-7-6-8-18(24-19(20)21-4)15(17)12-23-16-10-9-13(2)11-14(16)3/h6-11H,5,12H2,1-4H3. The van der Waals surface area contributed by atoms with Crippen LogP contribution in [0.3, 0.4) is 0 Å². The van der Waals surface area contributed by atoms with Crippen LogP contribution in [0.25, 0.3) is 0 Å². The first-order valence-corrected chi connectivity index (χ1v) is 8.57. The summed E-state index contributed by atoms with van der Waals surface area (Å²) in [5.41, 5.74) is 3.11. The molecule has 0 fully saturated rings. The fourth-order valence-corrected chi connectivity index (χ4v) is 3.01. The number of benzene rings is 2. The zero-order valence-electron chi connectivity index (χ0n) is 14.4. The third-order valence-corrected chi connectivity index (χ3v) is 4.39. The highest BCUT2D eigenvalue weighted by Crippen LogP contribution is 2.33. The maximum atomic E-state index is 11.6. The summed E-state index contributed by atoms with van der Waals surface area (Å²) in [6.07, 6.45) is 0. The number of rotatable bonds is 6. The summed E-state index contributed by atoms with van der Waals surface area (Å²) < 4.78 is 16.4. The fraction of sp³-hybridized carbons (Fsp3) is 0.316. The number of carbonyl (C=O) groups excluding carboxylic acids is 1. The average molecular weight is 346 g/mol. The number of hydrogen-bond donors (Lipinski definition) is 0. The van der Waals surface area contributed by atoms with Gasteiger partial charge in [-0.05, 0) is 56.3 Å². The van der Waals surface area contributed by atoms with Crippen LogP contribution in [-0.4, -0.2) is 19.0 Å². The van der Waals surface area contributed by atoms with Gasteiger partial charge in [-0.3, -0.25) is 0 Å². The molecule has 128 valence electrons. The van der Waals surface area contributed by atoms with Crippen molar-refractivity contribution in [2.45, 2.75) is 32.3 Å². The molecule has 0 unspecified atom stereocenters. The lowest BCUT2D eigenvalue weighted by molar-refractivity contribution is 0.200. The third-order valence-electron chi connectivity index (χ3n) is 3.45. The van der Waals surface area contributed by atoms with Gasteiger partial charge in [0.25, 0.3) is 0 Å². The fourth-order valence-electron chi connectivity index (χ4n) is 2.32. The van der Waals surface area contributed by atoms with Gasteiger partial charge >= 0.3 is 5.30 Å². The number of carbonyl (C=O) groups is 1. The van der Waals surface area contributed by atoms with Gasteiger partial charge in [-0.1, -0.05) is 23.8 Å². The molecule has 0 aliphatic heterocycles. The van der Waals surface area contributed by atoms with Crippen molar-refractivity contribution in [1.29, 1.82) is 0 Å². The van der Waals surface area contributed by atoms with Gasteiger partial charge in [0.05, 0.1) is 13.7 Å². The Morgan fingerprint density at radius 2 is 1.88 bits per heavy atom. The van der Waals surface area contributed by atoms with Gasteiger partial charge in [-0.2, -0.15) is 0 Å². The van der Waals surface area contributed by atoms with E-state index in [2.05, 4.69) is 6.07 Å². The molecule has 0 saturated carbocycles. The first-order chi connectivity index (χ1) is 11.5. The summed E-state index contributed by atoms with van der Waals surface area (Å²) in [4.78, 5) is 12.4. The van der Waals surface area contributed by atoms with Crippen molar-refractivity contribution in [1.82, 2.24) is 0 Å². The molecule has 0 aromatic heterocycles. The Hall–Kier alpha value is -2.14. The van der Waals surface area contributed by atoms with Crippen molar-refractivity contribution < 1.29 is 19.0 Å². The lowest BCUT2D eigenvalue weighted by atomic mass is 10.1. The smallest absolute Gasteiger partial charge is 0.371 e. The van der Waals surface area contributed by atoms with Gasteiger partial charge < -0.3 is 14.2 Å². The van der Waals surface area contributed by atoms with E-state index in [1.165, 1.54) is 12.7 Å². The van der Waals surface area contributed by atoms with Crippen LogP contribution in [0.5, 0.6) is 11.5 Å². The minimum absolute atomic E-state index is 0.319. The molecule has 24 heavy (non-hydrogen) atoms. The molecule has 0 heterocycles. The minimum atomic E-state index is -0.364. The number of aryl methyl sites for hydroxylation is 2. The Morgan fingerprint density at radius 1 is 1.08 bits per heavy atom. The van der Waals surface area contributed by atoms with E-state index in [-0.39, 0.29) is 5.30 Å². The van der Waals surface area contributed by atoms with Crippen molar-refractivity contribution in [3.05, 3.63) is 53.1 Å². The first-order valence-electron chi connectivity index (χ1n) is 7.75. The molecular formula is C19H22O4S. The van der Waals surface area contributed by atoms with Crippen molar-refractivity contribution in [3.63, 3.8) is 0 Å². The van der Waals surface area contributed by atoms with E-state index in [1.807, 2.05) is 51.1 Å². The summed E-state index contributed by atoms with van der Waals surface area (Å²) in [5.74, 6) is 1.54. The summed E-state index contributed by atoms with van der Waals surface area (Å²) in [6, 6.07) is 11.7. The molecule has 0 atom stereocenters. The monoisotopic (exact) mass is 346 g/mol. The molecule has 0 aliphatic carbocycles. The normalized spacial score (nSPS) is 10.3. The molecule has 0 saturated heterocycles. The molecule has 0 radical (unpaired) electrons. The lowest BCUT2D eigenvalue weighted by Crippen LogP contribution is -2.04. The predicted octanol–water partition coefficient (Wildman–Crippen LogP) is 5.14. The summed E-state index contributed by atoms with van der Waals surface area (Å²) >= 11 is 1.03. The Bertz CT molecular complexity index is 713. The average Bonchev–Trinajstić information content (AvgIpc) is 2.56. The van der Waals surface area contributed by atoms with Crippen molar-refractivity contribution >= 4 is 17.1 Å². The van der Waals surface area contributed by atoms with Crippen LogP contribution < -0.4 is 9.47 Å². The minimum Gasteiger partial charge on any atom is -0.493 e. The van der Waals surface area contributed by atoms with Gasteiger partial charge in [-0.25, -0.2) is 4.79 Å². The number of hydrogen-bond acceptors (Lipinski definition) is 5. The van der Waals surface area contributed by atoms with Crippen molar-refractivity contribution in [2.24, 2.45) is 0 Å². The third kappa shape index (κ3) is 4.68. The maximum absolute atomic E-state index is 11.6. The molecule has 5 heteroatoms.